The Kier molecular flexibility index (Phi) is 3.89. The van der Waals surface area contributed by atoms with Crippen LogP contribution in [0.15, 0.2) is 42.7 Å². The Morgan fingerprint density at radius 3 is 3.08 bits per heavy atom. The molecule has 3 aromatic rings. The molecule has 0 spiro atoms. The molecule has 25 heavy (non-hydrogen) atoms. The number of hydrogen-bond donors (Lipinski definition) is 1. The van der Waals surface area contributed by atoms with Crippen molar-refractivity contribution < 1.29 is 8.42 Å². The molecule has 130 valence electrons. The summed E-state index contributed by atoms with van der Waals surface area (Å²) >= 11 is 0. The van der Waals surface area contributed by atoms with Crippen molar-refractivity contribution in [3.8, 4) is 5.69 Å². The van der Waals surface area contributed by atoms with Gasteiger partial charge in [0.15, 0.2) is 0 Å². The standard InChI is InChI=1S/C16H18N6O2S/c1-2-25(23,24)21-7-3-4-12(9-21)16-10-22(20-19-16)13-5-6-14-15(8-13)18-11-17-14/h2,5-6,8,10-12H,1,3-4,7,9H2,(H,17,18). The van der Waals surface area contributed by atoms with Gasteiger partial charge in [0.25, 0.3) is 0 Å². The number of aromatic nitrogens is 5. The topological polar surface area (TPSA) is 96.8 Å². The smallest absolute Gasteiger partial charge is 0.235 e. The number of benzene rings is 1. The third kappa shape index (κ3) is 2.96. The zero-order chi connectivity index (χ0) is 17.4. The number of nitrogens with zero attached hydrogens (tertiary/aromatic N) is 5. The summed E-state index contributed by atoms with van der Waals surface area (Å²) in [7, 11) is -3.39. The Morgan fingerprint density at radius 2 is 2.24 bits per heavy atom. The second-order valence-electron chi connectivity index (χ2n) is 6.10. The number of aromatic amines is 1. The molecule has 0 amide bonds. The van der Waals surface area contributed by atoms with E-state index >= 15 is 0 Å². The number of piperidine rings is 1. The summed E-state index contributed by atoms with van der Waals surface area (Å²) in [6.45, 7) is 4.33. The summed E-state index contributed by atoms with van der Waals surface area (Å²) in [5, 5.41) is 9.48. The highest BCUT2D eigenvalue weighted by Gasteiger charge is 2.29. The molecule has 3 heterocycles. The van der Waals surface area contributed by atoms with E-state index in [1.54, 1.807) is 11.0 Å². The van der Waals surface area contributed by atoms with Crippen LogP contribution in [-0.4, -0.2) is 50.8 Å². The van der Waals surface area contributed by atoms with E-state index in [-0.39, 0.29) is 5.92 Å². The van der Waals surface area contributed by atoms with Gasteiger partial charge in [-0.1, -0.05) is 11.8 Å². The van der Waals surface area contributed by atoms with Crippen molar-refractivity contribution in [3.63, 3.8) is 0 Å². The van der Waals surface area contributed by atoms with E-state index in [1.807, 2.05) is 24.4 Å². The van der Waals surface area contributed by atoms with Crippen LogP contribution in [-0.2, 0) is 10.0 Å². The van der Waals surface area contributed by atoms with Crippen LogP contribution < -0.4 is 0 Å². The fourth-order valence-electron chi connectivity index (χ4n) is 3.18. The van der Waals surface area contributed by atoms with Crippen molar-refractivity contribution in [2.24, 2.45) is 0 Å². The van der Waals surface area contributed by atoms with Crippen LogP contribution in [0, 0.1) is 0 Å². The van der Waals surface area contributed by atoms with Gasteiger partial charge >= 0.3 is 0 Å². The largest absolute Gasteiger partial charge is 0.345 e. The summed E-state index contributed by atoms with van der Waals surface area (Å²) in [4.78, 5) is 7.27. The molecule has 0 saturated carbocycles. The van der Waals surface area contributed by atoms with Crippen molar-refractivity contribution in [2.45, 2.75) is 18.8 Å². The van der Waals surface area contributed by atoms with Crippen molar-refractivity contribution in [1.82, 2.24) is 29.3 Å². The lowest BCUT2D eigenvalue weighted by Crippen LogP contribution is -2.38. The van der Waals surface area contributed by atoms with Gasteiger partial charge in [-0.3, -0.25) is 0 Å². The van der Waals surface area contributed by atoms with E-state index in [0.717, 1.165) is 40.7 Å². The van der Waals surface area contributed by atoms with Crippen molar-refractivity contribution in [1.29, 1.82) is 0 Å². The van der Waals surface area contributed by atoms with Gasteiger partial charge in [-0.25, -0.2) is 18.1 Å². The molecule has 1 unspecified atom stereocenters. The predicted octanol–water partition coefficient (Wildman–Crippen LogP) is 1.80. The minimum atomic E-state index is -3.39. The fourth-order valence-corrected chi connectivity index (χ4v) is 4.16. The van der Waals surface area contributed by atoms with E-state index < -0.39 is 10.0 Å². The van der Waals surface area contributed by atoms with Gasteiger partial charge in [-0.2, -0.15) is 4.31 Å². The zero-order valence-corrected chi connectivity index (χ0v) is 14.4. The third-order valence-electron chi connectivity index (χ3n) is 4.55. The molecule has 0 radical (unpaired) electrons. The molecule has 1 fully saturated rings. The Labute approximate surface area is 145 Å². The lowest BCUT2D eigenvalue weighted by molar-refractivity contribution is 0.315. The van der Waals surface area contributed by atoms with Crippen molar-refractivity contribution in [3.05, 3.63) is 48.4 Å². The number of nitrogens with one attached hydrogen (secondary N) is 1. The Hall–Kier alpha value is -2.52. The average Bonchev–Trinajstić information content (AvgIpc) is 3.30. The number of H-pyrrole nitrogens is 1. The van der Waals surface area contributed by atoms with Crippen molar-refractivity contribution in [2.75, 3.05) is 13.1 Å². The van der Waals surface area contributed by atoms with Gasteiger partial charge < -0.3 is 4.98 Å². The van der Waals surface area contributed by atoms with Crippen LogP contribution >= 0.6 is 0 Å². The molecule has 1 N–H and O–H groups in total. The van der Waals surface area contributed by atoms with Crippen LogP contribution in [0.2, 0.25) is 0 Å². The first-order valence-corrected chi connectivity index (χ1v) is 9.55. The fraction of sp³-hybridized carbons (Fsp3) is 0.312. The summed E-state index contributed by atoms with van der Waals surface area (Å²) in [5.74, 6) is 0.0353. The maximum atomic E-state index is 12.0. The molecule has 1 atom stereocenters. The van der Waals surface area contributed by atoms with Gasteiger partial charge in [-0.05, 0) is 31.0 Å². The summed E-state index contributed by atoms with van der Waals surface area (Å²) in [6.07, 6.45) is 5.20. The molecule has 1 saturated heterocycles. The highest BCUT2D eigenvalue weighted by molar-refractivity contribution is 7.92. The first-order valence-electron chi connectivity index (χ1n) is 8.05. The number of rotatable bonds is 4. The average molecular weight is 358 g/mol. The minimum Gasteiger partial charge on any atom is -0.345 e. The van der Waals surface area contributed by atoms with E-state index in [9.17, 15) is 8.42 Å². The zero-order valence-electron chi connectivity index (χ0n) is 13.5. The molecule has 9 heteroatoms. The normalized spacial score (nSPS) is 19.3. The van der Waals surface area contributed by atoms with E-state index in [0.29, 0.717) is 13.1 Å². The minimum absolute atomic E-state index is 0.0353. The van der Waals surface area contributed by atoms with Gasteiger partial charge in [0.05, 0.1) is 34.9 Å². The molecule has 1 aliphatic rings. The second-order valence-corrected chi connectivity index (χ2v) is 7.98. The number of fused-ring (bicyclic) bond motifs is 1. The predicted molar refractivity (Wildman–Crippen MR) is 93.7 cm³/mol. The SMILES string of the molecule is C=CS(=O)(=O)N1CCCC(c2cn(-c3ccc4nc[nH]c4c3)nn2)C1. The lowest BCUT2D eigenvalue weighted by Gasteiger charge is -2.29. The molecule has 1 aliphatic heterocycles. The number of sulfonamides is 1. The Balaban J connectivity index is 1.59. The number of imidazole rings is 1. The molecule has 0 bridgehead atoms. The van der Waals surface area contributed by atoms with E-state index in [4.69, 9.17) is 0 Å². The lowest BCUT2D eigenvalue weighted by atomic mass is 9.97. The molecule has 2 aromatic heterocycles. The first kappa shape index (κ1) is 16.0. The van der Waals surface area contributed by atoms with Gasteiger partial charge in [0.2, 0.25) is 10.0 Å². The molecule has 1 aromatic carbocycles. The molecular formula is C16H18N6O2S. The van der Waals surface area contributed by atoms with Crippen LogP contribution in [0.5, 0.6) is 0 Å². The Bertz CT molecular complexity index is 1020. The molecule has 4 rings (SSSR count). The van der Waals surface area contributed by atoms with Crippen LogP contribution in [0.4, 0.5) is 0 Å². The summed E-state index contributed by atoms with van der Waals surface area (Å²) < 4.78 is 27.2. The summed E-state index contributed by atoms with van der Waals surface area (Å²) in [6, 6.07) is 5.80. The van der Waals surface area contributed by atoms with Gasteiger partial charge in [-0.15, -0.1) is 5.10 Å². The highest BCUT2D eigenvalue weighted by Crippen LogP contribution is 2.27. The third-order valence-corrected chi connectivity index (χ3v) is 6.03. The van der Waals surface area contributed by atoms with E-state index in [2.05, 4.69) is 26.9 Å². The maximum absolute atomic E-state index is 12.0. The highest BCUT2D eigenvalue weighted by atomic mass is 32.2. The van der Waals surface area contributed by atoms with Crippen LogP contribution in [0.1, 0.15) is 24.5 Å². The second kappa shape index (κ2) is 6.08. The van der Waals surface area contributed by atoms with E-state index in [1.165, 1.54) is 4.31 Å². The molecular weight excluding hydrogens is 340 g/mol. The van der Waals surface area contributed by atoms with Gasteiger partial charge in [0, 0.05) is 24.4 Å². The maximum Gasteiger partial charge on any atom is 0.235 e. The van der Waals surface area contributed by atoms with Crippen molar-refractivity contribution >= 4 is 21.1 Å². The quantitative estimate of drug-likeness (QED) is 0.767. The monoisotopic (exact) mass is 358 g/mol. The Morgan fingerprint density at radius 1 is 1.36 bits per heavy atom. The molecule has 0 aliphatic carbocycles. The number of hydrogen-bond acceptors (Lipinski definition) is 5. The molecule has 8 nitrogen and oxygen atoms in total. The first-order chi connectivity index (χ1) is 12.1. The van der Waals surface area contributed by atoms with Crippen LogP contribution in [0.25, 0.3) is 16.7 Å². The van der Waals surface area contributed by atoms with Crippen LogP contribution in [0.3, 0.4) is 0 Å². The summed E-state index contributed by atoms with van der Waals surface area (Å²) in [5.41, 5.74) is 3.49. The van der Waals surface area contributed by atoms with Gasteiger partial charge in [0.1, 0.15) is 0 Å².